The number of carbonyl (C=O) groups excluding carboxylic acids is 1. The summed E-state index contributed by atoms with van der Waals surface area (Å²) >= 11 is 5.34. The molecular weight excluding hydrogens is 266 g/mol. The number of carboxylic acids is 1. The van der Waals surface area contributed by atoms with E-state index in [0.29, 0.717) is 6.42 Å². The SMILES string of the molecule is CCCCCCCCCCC(NC(=O)CCl)C(=O)O. The molecule has 0 spiro atoms. The molecule has 0 rings (SSSR count). The Morgan fingerprint density at radius 3 is 2.05 bits per heavy atom. The van der Waals surface area contributed by atoms with Crippen molar-refractivity contribution in [1.29, 1.82) is 0 Å². The minimum Gasteiger partial charge on any atom is -0.480 e. The molecule has 0 aromatic rings. The van der Waals surface area contributed by atoms with Crippen molar-refractivity contribution in [2.24, 2.45) is 0 Å². The van der Waals surface area contributed by atoms with Crippen molar-refractivity contribution in [3.63, 3.8) is 0 Å². The highest BCUT2D eigenvalue weighted by molar-refractivity contribution is 6.27. The first-order valence-electron chi connectivity index (χ1n) is 7.20. The first kappa shape index (κ1) is 18.2. The number of carboxylic acid groups (broad SMARTS) is 1. The van der Waals surface area contributed by atoms with Gasteiger partial charge in [0.2, 0.25) is 5.91 Å². The lowest BCUT2D eigenvalue weighted by molar-refractivity contribution is -0.141. The van der Waals surface area contributed by atoms with Crippen LogP contribution in [0.2, 0.25) is 0 Å². The van der Waals surface area contributed by atoms with Gasteiger partial charge in [0.05, 0.1) is 0 Å². The summed E-state index contributed by atoms with van der Waals surface area (Å²) < 4.78 is 0. The molecule has 4 nitrogen and oxygen atoms in total. The summed E-state index contributed by atoms with van der Waals surface area (Å²) in [6.07, 6.45) is 9.78. The third kappa shape index (κ3) is 10.8. The van der Waals surface area contributed by atoms with Gasteiger partial charge < -0.3 is 10.4 Å². The molecule has 1 atom stereocenters. The topological polar surface area (TPSA) is 66.4 Å². The monoisotopic (exact) mass is 291 g/mol. The van der Waals surface area contributed by atoms with Gasteiger partial charge in [0.25, 0.3) is 0 Å². The number of carbonyl (C=O) groups is 2. The number of aliphatic carboxylic acids is 1. The molecule has 0 aromatic carbocycles. The predicted molar refractivity (Wildman–Crippen MR) is 77.5 cm³/mol. The highest BCUT2D eigenvalue weighted by Crippen LogP contribution is 2.10. The highest BCUT2D eigenvalue weighted by Gasteiger charge is 2.18. The summed E-state index contributed by atoms with van der Waals surface area (Å²) in [6.45, 7) is 2.20. The van der Waals surface area contributed by atoms with Crippen molar-refractivity contribution in [2.45, 2.75) is 70.8 Å². The van der Waals surface area contributed by atoms with Gasteiger partial charge in [-0.3, -0.25) is 4.79 Å². The molecule has 0 aliphatic heterocycles. The number of amides is 1. The van der Waals surface area contributed by atoms with Crippen molar-refractivity contribution in [3.05, 3.63) is 0 Å². The average molecular weight is 292 g/mol. The van der Waals surface area contributed by atoms with E-state index >= 15 is 0 Å². The van der Waals surface area contributed by atoms with Crippen molar-refractivity contribution >= 4 is 23.5 Å². The molecule has 0 saturated carbocycles. The van der Waals surface area contributed by atoms with Crippen LogP contribution in [0.15, 0.2) is 0 Å². The summed E-state index contributed by atoms with van der Waals surface area (Å²) in [5, 5.41) is 11.4. The second-order valence-corrected chi connectivity index (χ2v) is 5.12. The van der Waals surface area contributed by atoms with Crippen LogP contribution in [0.25, 0.3) is 0 Å². The van der Waals surface area contributed by atoms with E-state index in [-0.39, 0.29) is 5.88 Å². The van der Waals surface area contributed by atoms with Crippen molar-refractivity contribution in [2.75, 3.05) is 5.88 Å². The van der Waals surface area contributed by atoms with Gasteiger partial charge in [0.1, 0.15) is 11.9 Å². The van der Waals surface area contributed by atoms with Gasteiger partial charge in [0, 0.05) is 0 Å². The molecule has 1 unspecified atom stereocenters. The Balaban J connectivity index is 3.59. The molecule has 112 valence electrons. The molecule has 1 amide bonds. The normalized spacial score (nSPS) is 12.1. The molecule has 5 heteroatoms. The Hall–Kier alpha value is -0.770. The largest absolute Gasteiger partial charge is 0.480 e. The van der Waals surface area contributed by atoms with Crippen LogP contribution in [0.1, 0.15) is 64.7 Å². The first-order valence-corrected chi connectivity index (χ1v) is 7.73. The van der Waals surface area contributed by atoms with Gasteiger partial charge in [-0.15, -0.1) is 11.6 Å². The quantitative estimate of drug-likeness (QED) is 0.428. The van der Waals surface area contributed by atoms with Crippen LogP contribution in [0.4, 0.5) is 0 Å². The molecule has 0 fully saturated rings. The lowest BCUT2D eigenvalue weighted by Crippen LogP contribution is -2.41. The molecule has 0 aliphatic rings. The molecule has 0 aromatic heterocycles. The summed E-state index contributed by atoms with van der Waals surface area (Å²) in [5.41, 5.74) is 0. The zero-order valence-electron chi connectivity index (χ0n) is 11.8. The van der Waals surface area contributed by atoms with Crippen LogP contribution in [0.3, 0.4) is 0 Å². The Morgan fingerprint density at radius 2 is 1.58 bits per heavy atom. The lowest BCUT2D eigenvalue weighted by Gasteiger charge is -2.13. The highest BCUT2D eigenvalue weighted by atomic mass is 35.5. The standard InChI is InChI=1S/C14H26ClNO3/c1-2-3-4-5-6-7-8-9-10-12(14(18)19)16-13(17)11-15/h12H,2-11H2,1H3,(H,16,17)(H,18,19). The van der Waals surface area contributed by atoms with E-state index < -0.39 is 17.9 Å². The van der Waals surface area contributed by atoms with Gasteiger partial charge in [-0.05, 0) is 6.42 Å². The Bertz CT molecular complexity index is 259. The number of alkyl halides is 1. The van der Waals surface area contributed by atoms with E-state index in [4.69, 9.17) is 16.7 Å². The van der Waals surface area contributed by atoms with Crippen LogP contribution in [0, 0.1) is 0 Å². The fourth-order valence-corrected chi connectivity index (χ4v) is 2.05. The van der Waals surface area contributed by atoms with E-state index in [9.17, 15) is 9.59 Å². The number of nitrogens with one attached hydrogen (secondary N) is 1. The van der Waals surface area contributed by atoms with Crippen LogP contribution >= 0.6 is 11.6 Å². The zero-order chi connectivity index (χ0) is 14.5. The number of halogens is 1. The lowest BCUT2D eigenvalue weighted by atomic mass is 10.0. The molecule has 19 heavy (non-hydrogen) atoms. The van der Waals surface area contributed by atoms with E-state index in [1.165, 1.54) is 32.1 Å². The third-order valence-corrected chi connectivity index (χ3v) is 3.34. The van der Waals surface area contributed by atoms with Crippen LogP contribution < -0.4 is 5.32 Å². The number of rotatable bonds is 12. The Kier molecular flexibility index (Phi) is 11.8. The maximum atomic E-state index is 11.1. The van der Waals surface area contributed by atoms with Gasteiger partial charge in [-0.1, -0.05) is 58.3 Å². The van der Waals surface area contributed by atoms with E-state index in [0.717, 1.165) is 19.3 Å². The van der Waals surface area contributed by atoms with Gasteiger partial charge >= 0.3 is 5.97 Å². The maximum Gasteiger partial charge on any atom is 0.326 e. The van der Waals surface area contributed by atoms with Crippen LogP contribution in [-0.4, -0.2) is 28.9 Å². The van der Waals surface area contributed by atoms with E-state index in [1.54, 1.807) is 0 Å². The van der Waals surface area contributed by atoms with E-state index in [1.807, 2.05) is 0 Å². The molecule has 0 bridgehead atoms. The maximum absolute atomic E-state index is 11.1. The molecule has 0 heterocycles. The van der Waals surface area contributed by atoms with Gasteiger partial charge in [-0.2, -0.15) is 0 Å². The van der Waals surface area contributed by atoms with Crippen molar-refractivity contribution < 1.29 is 14.7 Å². The second kappa shape index (κ2) is 12.3. The molecule has 0 aliphatic carbocycles. The number of hydrogen-bond donors (Lipinski definition) is 2. The Morgan fingerprint density at radius 1 is 1.05 bits per heavy atom. The van der Waals surface area contributed by atoms with Gasteiger partial charge in [0.15, 0.2) is 0 Å². The summed E-state index contributed by atoms with van der Waals surface area (Å²) in [6, 6.07) is -0.800. The van der Waals surface area contributed by atoms with Gasteiger partial charge in [-0.25, -0.2) is 4.79 Å². The first-order chi connectivity index (χ1) is 9.11. The zero-order valence-corrected chi connectivity index (χ0v) is 12.5. The third-order valence-electron chi connectivity index (χ3n) is 3.10. The fourth-order valence-electron chi connectivity index (χ4n) is 1.97. The number of hydrogen-bond acceptors (Lipinski definition) is 2. The van der Waals surface area contributed by atoms with Crippen molar-refractivity contribution in [1.82, 2.24) is 5.32 Å². The average Bonchev–Trinajstić information content (AvgIpc) is 2.39. The minimum absolute atomic E-state index is 0.193. The Labute approximate surface area is 120 Å². The molecule has 0 saturated heterocycles. The van der Waals surface area contributed by atoms with Crippen LogP contribution in [0.5, 0.6) is 0 Å². The van der Waals surface area contributed by atoms with E-state index in [2.05, 4.69) is 12.2 Å². The van der Waals surface area contributed by atoms with Crippen LogP contribution in [-0.2, 0) is 9.59 Å². The molecule has 0 radical (unpaired) electrons. The fraction of sp³-hybridized carbons (Fsp3) is 0.857. The molecular formula is C14H26ClNO3. The number of unbranched alkanes of at least 4 members (excludes halogenated alkanes) is 7. The summed E-state index contributed by atoms with van der Waals surface area (Å²) in [4.78, 5) is 22.0. The van der Waals surface area contributed by atoms with Crippen molar-refractivity contribution in [3.8, 4) is 0 Å². The molecule has 2 N–H and O–H groups in total. The smallest absolute Gasteiger partial charge is 0.326 e. The summed E-state index contributed by atoms with van der Waals surface area (Å²) in [7, 11) is 0. The minimum atomic E-state index is -0.985. The summed E-state index contributed by atoms with van der Waals surface area (Å²) in [5.74, 6) is -1.60. The second-order valence-electron chi connectivity index (χ2n) is 4.86. The predicted octanol–water partition coefficient (Wildman–Crippen LogP) is 3.33.